The number of hydrogen-bond donors (Lipinski definition) is 1. The van der Waals surface area contributed by atoms with E-state index in [1.165, 1.54) is 6.39 Å². The second kappa shape index (κ2) is 7.64. The van der Waals surface area contributed by atoms with E-state index in [2.05, 4.69) is 15.0 Å². The topological polar surface area (TPSA) is 71.8 Å². The third-order valence-electron chi connectivity index (χ3n) is 4.99. The third kappa shape index (κ3) is 3.12. The van der Waals surface area contributed by atoms with Crippen LogP contribution in [-0.4, -0.2) is 15.0 Å². The number of aromatic amines is 1. The molecule has 0 spiro atoms. The van der Waals surface area contributed by atoms with Crippen molar-refractivity contribution in [2.45, 2.75) is 0 Å². The van der Waals surface area contributed by atoms with Crippen LogP contribution >= 0.6 is 0 Å². The van der Waals surface area contributed by atoms with Gasteiger partial charge in [0.15, 0.2) is 12.2 Å². The van der Waals surface area contributed by atoms with Crippen LogP contribution in [0.5, 0.6) is 0 Å². The molecule has 2 aromatic carbocycles. The van der Waals surface area contributed by atoms with Crippen molar-refractivity contribution in [1.29, 1.82) is 0 Å². The molecule has 3 aromatic heterocycles. The molecule has 0 unspecified atom stereocenters. The van der Waals surface area contributed by atoms with E-state index >= 15 is 0 Å². The van der Waals surface area contributed by atoms with Gasteiger partial charge in [-0.05, 0) is 23.3 Å². The van der Waals surface area contributed by atoms with Gasteiger partial charge in [0, 0.05) is 29.1 Å². The summed E-state index contributed by atoms with van der Waals surface area (Å²) in [6, 6.07) is 23.3. The van der Waals surface area contributed by atoms with Crippen molar-refractivity contribution >= 4 is 0 Å². The van der Waals surface area contributed by atoms with E-state index in [9.17, 15) is 4.79 Å². The van der Waals surface area contributed by atoms with Crippen LogP contribution in [0, 0.1) is 0 Å². The summed E-state index contributed by atoms with van der Waals surface area (Å²) in [4.78, 5) is 24.7. The zero-order valence-corrected chi connectivity index (χ0v) is 15.9. The number of aromatic nitrogens is 3. The Morgan fingerprint density at radius 2 is 1.53 bits per heavy atom. The Labute approximate surface area is 172 Å². The first-order chi connectivity index (χ1) is 14.8. The van der Waals surface area contributed by atoms with Gasteiger partial charge in [0.1, 0.15) is 0 Å². The molecule has 1 N–H and O–H groups in total. The molecule has 5 aromatic rings. The Bertz CT molecular complexity index is 1340. The highest BCUT2D eigenvalue weighted by molar-refractivity contribution is 5.96. The first kappa shape index (κ1) is 17.8. The van der Waals surface area contributed by atoms with Gasteiger partial charge in [0.05, 0.1) is 17.5 Å². The van der Waals surface area contributed by atoms with E-state index in [1.54, 1.807) is 18.6 Å². The predicted molar refractivity (Wildman–Crippen MR) is 117 cm³/mol. The molecule has 0 aliphatic rings. The molecule has 5 nitrogen and oxygen atoms in total. The van der Waals surface area contributed by atoms with Crippen LogP contribution in [0.2, 0.25) is 0 Å². The molecule has 0 aliphatic carbocycles. The Kier molecular flexibility index (Phi) is 4.54. The molecule has 0 amide bonds. The van der Waals surface area contributed by atoms with Crippen molar-refractivity contribution in [3.63, 3.8) is 0 Å². The lowest BCUT2D eigenvalue weighted by Crippen LogP contribution is -2.12. The average molecular weight is 391 g/mol. The molecule has 0 saturated heterocycles. The summed E-state index contributed by atoms with van der Waals surface area (Å²) in [6.07, 6.45) is 6.52. The van der Waals surface area contributed by atoms with E-state index in [1.807, 2.05) is 72.8 Å². The Hall–Kier alpha value is -4.25. The highest BCUT2D eigenvalue weighted by Crippen LogP contribution is 2.40. The second-order valence-electron chi connectivity index (χ2n) is 6.77. The maximum Gasteiger partial charge on any atom is 0.256 e. The van der Waals surface area contributed by atoms with Crippen LogP contribution in [0.25, 0.3) is 44.8 Å². The maximum atomic E-state index is 13.2. The second-order valence-corrected chi connectivity index (χ2v) is 6.77. The van der Waals surface area contributed by atoms with Gasteiger partial charge in [0.25, 0.3) is 5.56 Å². The molecule has 0 aliphatic heterocycles. The summed E-state index contributed by atoms with van der Waals surface area (Å²) in [5.74, 6) is 0.604. The summed E-state index contributed by atoms with van der Waals surface area (Å²) in [6.45, 7) is 0. The summed E-state index contributed by atoms with van der Waals surface area (Å²) >= 11 is 0. The highest BCUT2D eigenvalue weighted by atomic mass is 16.3. The largest absolute Gasteiger partial charge is 0.443 e. The number of rotatable bonds is 4. The number of nitrogens with zero attached hydrogens (tertiary/aromatic N) is 2. The molecule has 3 heterocycles. The lowest BCUT2D eigenvalue weighted by molar-refractivity contribution is 0.572. The van der Waals surface area contributed by atoms with Crippen molar-refractivity contribution in [2.75, 3.05) is 0 Å². The standard InChI is InChI=1S/C25H17N3O2/c29-25-24(19-11-5-4-10-18(19)22-15-26-16-30-22)23(17-8-2-1-3-9-17)20(14-28-25)21-12-6-7-13-27-21/h1-16H,(H,28,29). The smallest absolute Gasteiger partial charge is 0.256 e. The van der Waals surface area contributed by atoms with Gasteiger partial charge >= 0.3 is 0 Å². The lowest BCUT2D eigenvalue weighted by atomic mass is 9.88. The molecule has 30 heavy (non-hydrogen) atoms. The fourth-order valence-electron chi connectivity index (χ4n) is 3.68. The van der Waals surface area contributed by atoms with Crippen molar-refractivity contribution in [2.24, 2.45) is 0 Å². The summed E-state index contributed by atoms with van der Waals surface area (Å²) in [5.41, 5.74) is 5.35. The zero-order chi connectivity index (χ0) is 20.3. The first-order valence-corrected chi connectivity index (χ1v) is 9.53. The number of nitrogens with one attached hydrogen (secondary N) is 1. The number of pyridine rings is 2. The van der Waals surface area contributed by atoms with E-state index in [4.69, 9.17) is 4.42 Å². The normalized spacial score (nSPS) is 10.8. The number of hydrogen-bond acceptors (Lipinski definition) is 4. The molecule has 0 radical (unpaired) electrons. The van der Waals surface area contributed by atoms with Crippen molar-refractivity contribution in [3.05, 3.63) is 108 Å². The van der Waals surface area contributed by atoms with Crippen LogP contribution in [0.3, 0.4) is 0 Å². The average Bonchev–Trinajstić information content (AvgIpc) is 3.35. The van der Waals surface area contributed by atoms with Crippen molar-refractivity contribution < 1.29 is 4.42 Å². The molecule has 0 saturated carbocycles. The lowest BCUT2D eigenvalue weighted by Gasteiger charge is -2.16. The van der Waals surface area contributed by atoms with Crippen molar-refractivity contribution in [3.8, 4) is 44.8 Å². The Balaban J connectivity index is 1.88. The number of benzene rings is 2. The minimum atomic E-state index is -0.180. The third-order valence-corrected chi connectivity index (χ3v) is 4.99. The van der Waals surface area contributed by atoms with Gasteiger partial charge in [-0.25, -0.2) is 4.98 Å². The highest BCUT2D eigenvalue weighted by Gasteiger charge is 2.21. The van der Waals surface area contributed by atoms with Crippen LogP contribution in [0.4, 0.5) is 0 Å². The first-order valence-electron chi connectivity index (χ1n) is 9.53. The quantitative estimate of drug-likeness (QED) is 0.444. The van der Waals surface area contributed by atoms with Gasteiger partial charge in [-0.3, -0.25) is 9.78 Å². The van der Waals surface area contributed by atoms with Gasteiger partial charge in [-0.15, -0.1) is 0 Å². The minimum absolute atomic E-state index is 0.180. The molecule has 0 fully saturated rings. The molecular weight excluding hydrogens is 374 g/mol. The van der Waals surface area contributed by atoms with E-state index < -0.39 is 0 Å². The molecule has 5 rings (SSSR count). The molecular formula is C25H17N3O2. The van der Waals surface area contributed by atoms with Gasteiger partial charge in [-0.2, -0.15) is 0 Å². The van der Waals surface area contributed by atoms with Gasteiger partial charge in [-0.1, -0.05) is 60.7 Å². The maximum absolute atomic E-state index is 13.2. The molecule has 144 valence electrons. The SMILES string of the molecule is O=c1[nH]cc(-c2ccccn2)c(-c2ccccc2)c1-c1ccccc1-c1cnco1. The fourth-order valence-corrected chi connectivity index (χ4v) is 3.68. The van der Waals surface area contributed by atoms with E-state index in [0.717, 1.165) is 33.5 Å². The van der Waals surface area contributed by atoms with Gasteiger partial charge < -0.3 is 9.40 Å². The van der Waals surface area contributed by atoms with E-state index in [-0.39, 0.29) is 5.56 Å². The monoisotopic (exact) mass is 391 g/mol. The number of oxazole rings is 1. The Morgan fingerprint density at radius 3 is 2.27 bits per heavy atom. The van der Waals surface area contributed by atoms with E-state index in [0.29, 0.717) is 11.3 Å². The summed E-state index contributed by atoms with van der Waals surface area (Å²) in [7, 11) is 0. The summed E-state index contributed by atoms with van der Waals surface area (Å²) < 4.78 is 5.55. The predicted octanol–water partition coefficient (Wildman–Crippen LogP) is 5.43. The van der Waals surface area contributed by atoms with Crippen LogP contribution in [-0.2, 0) is 0 Å². The molecule has 5 heteroatoms. The van der Waals surface area contributed by atoms with Gasteiger partial charge in [0.2, 0.25) is 0 Å². The molecule has 0 bridgehead atoms. The number of H-pyrrole nitrogens is 1. The van der Waals surface area contributed by atoms with Crippen LogP contribution < -0.4 is 5.56 Å². The van der Waals surface area contributed by atoms with Crippen LogP contribution in [0.15, 0.2) is 107 Å². The van der Waals surface area contributed by atoms with Crippen LogP contribution in [0.1, 0.15) is 0 Å². The Morgan fingerprint density at radius 1 is 0.767 bits per heavy atom. The van der Waals surface area contributed by atoms with Crippen molar-refractivity contribution in [1.82, 2.24) is 15.0 Å². The molecule has 0 atom stereocenters. The summed E-state index contributed by atoms with van der Waals surface area (Å²) in [5, 5.41) is 0. The zero-order valence-electron chi connectivity index (χ0n) is 15.9. The minimum Gasteiger partial charge on any atom is -0.443 e. The fraction of sp³-hybridized carbons (Fsp3) is 0.